The van der Waals surface area contributed by atoms with Gasteiger partial charge >= 0.3 is 0 Å². The summed E-state index contributed by atoms with van der Waals surface area (Å²) in [6, 6.07) is 7.52. The summed E-state index contributed by atoms with van der Waals surface area (Å²) < 4.78 is 13.0. The number of thiazole rings is 1. The van der Waals surface area contributed by atoms with Gasteiger partial charge in [-0.1, -0.05) is 12.1 Å². The third-order valence-corrected chi connectivity index (χ3v) is 5.22. The summed E-state index contributed by atoms with van der Waals surface area (Å²) in [7, 11) is 0. The Morgan fingerprint density at radius 2 is 1.89 bits per heavy atom. The van der Waals surface area contributed by atoms with Crippen molar-refractivity contribution in [2.45, 2.75) is 13.3 Å². The maximum atomic E-state index is 13.0. The van der Waals surface area contributed by atoms with Gasteiger partial charge in [-0.3, -0.25) is 9.59 Å². The fourth-order valence-electron chi connectivity index (χ4n) is 2.59. The topological polar surface area (TPSA) is 111 Å². The summed E-state index contributed by atoms with van der Waals surface area (Å²) in [6.07, 6.45) is 3.51. The second-order valence-electron chi connectivity index (χ2n) is 6.15. The first kappa shape index (κ1) is 19.6. The van der Waals surface area contributed by atoms with Gasteiger partial charge in [0.2, 0.25) is 5.91 Å². The number of aromatic nitrogens is 3. The van der Waals surface area contributed by atoms with Crippen LogP contribution >= 0.6 is 11.3 Å². The zero-order valence-electron chi connectivity index (χ0n) is 15.1. The molecule has 3 aromatic rings. The molecule has 0 aliphatic rings. The van der Waals surface area contributed by atoms with E-state index in [9.17, 15) is 14.0 Å². The van der Waals surface area contributed by atoms with E-state index < -0.39 is 11.8 Å². The highest BCUT2D eigenvalue weighted by Gasteiger charge is 2.21. The molecule has 0 aliphatic carbocycles. The molecule has 9 heteroatoms. The minimum absolute atomic E-state index is 0.0695. The van der Waals surface area contributed by atoms with Crippen molar-refractivity contribution in [2.24, 2.45) is 11.7 Å². The van der Waals surface area contributed by atoms with Crippen LogP contribution in [0.5, 0.6) is 0 Å². The first-order valence-corrected chi connectivity index (χ1v) is 9.32. The number of nitrogens with zero attached hydrogens (tertiary/aromatic N) is 3. The standard InChI is InChI=1S/C19H18FN5O2S/c1-11-15(28-19(25-11)17-22-7-2-8-23-17)18(27)24-10-13(16(21)26)9-12-3-5-14(20)6-4-12/h2-8,13H,9-10H2,1H3,(H2,21,26)(H,24,27). The maximum absolute atomic E-state index is 13.0. The predicted octanol–water partition coefficient (Wildman–Crippen LogP) is 2.12. The largest absolute Gasteiger partial charge is 0.369 e. The van der Waals surface area contributed by atoms with Crippen molar-refractivity contribution < 1.29 is 14.0 Å². The monoisotopic (exact) mass is 399 g/mol. The van der Waals surface area contributed by atoms with Gasteiger partial charge in [0.05, 0.1) is 11.6 Å². The Morgan fingerprint density at radius 3 is 2.54 bits per heavy atom. The van der Waals surface area contributed by atoms with Crippen LogP contribution in [0.25, 0.3) is 10.8 Å². The van der Waals surface area contributed by atoms with Gasteiger partial charge in [0.25, 0.3) is 5.91 Å². The lowest BCUT2D eigenvalue weighted by molar-refractivity contribution is -0.121. The Labute approximate surface area is 164 Å². The van der Waals surface area contributed by atoms with Crippen LogP contribution in [-0.4, -0.2) is 33.3 Å². The van der Waals surface area contributed by atoms with E-state index in [0.29, 0.717) is 27.8 Å². The summed E-state index contributed by atoms with van der Waals surface area (Å²) in [5.41, 5.74) is 6.77. The number of carbonyl (C=O) groups is 2. The molecule has 1 aromatic carbocycles. The minimum atomic E-state index is -0.612. The maximum Gasteiger partial charge on any atom is 0.263 e. The molecule has 0 saturated carbocycles. The molecule has 0 fully saturated rings. The number of rotatable bonds is 7. The molecule has 3 rings (SSSR count). The van der Waals surface area contributed by atoms with Crippen LogP contribution in [0.2, 0.25) is 0 Å². The highest BCUT2D eigenvalue weighted by molar-refractivity contribution is 7.17. The van der Waals surface area contributed by atoms with Crippen LogP contribution in [0.15, 0.2) is 42.7 Å². The Hall–Kier alpha value is -3.20. The molecule has 1 atom stereocenters. The highest BCUT2D eigenvalue weighted by atomic mass is 32.1. The molecule has 7 nitrogen and oxygen atoms in total. The molecule has 0 bridgehead atoms. The van der Waals surface area contributed by atoms with E-state index in [-0.39, 0.29) is 18.3 Å². The number of hydrogen-bond donors (Lipinski definition) is 2. The van der Waals surface area contributed by atoms with Crippen molar-refractivity contribution in [1.29, 1.82) is 0 Å². The zero-order valence-corrected chi connectivity index (χ0v) is 15.9. The summed E-state index contributed by atoms with van der Waals surface area (Å²) in [5, 5.41) is 3.28. The van der Waals surface area contributed by atoms with Gasteiger partial charge in [0.1, 0.15) is 10.7 Å². The van der Waals surface area contributed by atoms with Gasteiger partial charge in [-0.05, 0) is 37.1 Å². The number of primary amides is 1. The fraction of sp³-hybridized carbons (Fsp3) is 0.211. The third-order valence-electron chi connectivity index (χ3n) is 4.07. The van der Waals surface area contributed by atoms with E-state index in [1.807, 2.05) is 0 Å². The SMILES string of the molecule is Cc1nc(-c2ncccn2)sc1C(=O)NCC(Cc1ccc(F)cc1)C(N)=O. The summed E-state index contributed by atoms with van der Waals surface area (Å²) >= 11 is 1.18. The second kappa shape index (κ2) is 8.66. The molecule has 1 unspecified atom stereocenters. The van der Waals surface area contributed by atoms with Crippen LogP contribution < -0.4 is 11.1 Å². The smallest absolute Gasteiger partial charge is 0.263 e. The van der Waals surface area contributed by atoms with Gasteiger partial charge < -0.3 is 11.1 Å². The quantitative estimate of drug-likeness (QED) is 0.632. The molecule has 0 aliphatic heterocycles. The summed E-state index contributed by atoms with van der Waals surface area (Å²) in [6.45, 7) is 1.79. The molecule has 144 valence electrons. The Bertz CT molecular complexity index is 976. The molecular formula is C19H18FN5O2S. The number of nitrogens with two attached hydrogens (primary N) is 1. The average Bonchev–Trinajstić information content (AvgIpc) is 3.08. The van der Waals surface area contributed by atoms with Gasteiger partial charge in [-0.15, -0.1) is 11.3 Å². The number of amides is 2. The van der Waals surface area contributed by atoms with Crippen LogP contribution in [0, 0.1) is 18.7 Å². The molecule has 3 N–H and O–H groups in total. The van der Waals surface area contributed by atoms with E-state index in [2.05, 4.69) is 20.3 Å². The molecule has 2 aromatic heterocycles. The Kier molecular flexibility index (Phi) is 6.05. The first-order valence-electron chi connectivity index (χ1n) is 8.51. The first-order chi connectivity index (χ1) is 13.4. The van der Waals surface area contributed by atoms with Crippen molar-refractivity contribution in [2.75, 3.05) is 6.54 Å². The lowest BCUT2D eigenvalue weighted by atomic mass is 9.98. The lowest BCUT2D eigenvalue weighted by Crippen LogP contribution is -2.37. The zero-order chi connectivity index (χ0) is 20.1. The van der Waals surface area contributed by atoms with Crippen LogP contribution in [0.4, 0.5) is 4.39 Å². The molecule has 0 saturated heterocycles. The number of halogens is 1. The molecule has 2 amide bonds. The number of nitrogens with one attached hydrogen (secondary N) is 1. The average molecular weight is 399 g/mol. The van der Waals surface area contributed by atoms with E-state index >= 15 is 0 Å². The molecular weight excluding hydrogens is 381 g/mol. The number of hydrogen-bond acceptors (Lipinski definition) is 6. The molecule has 2 heterocycles. The van der Waals surface area contributed by atoms with E-state index in [1.54, 1.807) is 37.5 Å². The van der Waals surface area contributed by atoms with E-state index in [0.717, 1.165) is 5.56 Å². The van der Waals surface area contributed by atoms with Crippen LogP contribution in [-0.2, 0) is 11.2 Å². The fourth-order valence-corrected chi connectivity index (χ4v) is 3.52. The van der Waals surface area contributed by atoms with Crippen LogP contribution in [0.3, 0.4) is 0 Å². The number of benzene rings is 1. The second-order valence-corrected chi connectivity index (χ2v) is 7.14. The lowest BCUT2D eigenvalue weighted by Gasteiger charge is -2.14. The Balaban J connectivity index is 1.67. The van der Waals surface area contributed by atoms with Crippen molar-refractivity contribution in [3.05, 3.63) is 64.7 Å². The van der Waals surface area contributed by atoms with Crippen molar-refractivity contribution in [1.82, 2.24) is 20.3 Å². The predicted molar refractivity (Wildman–Crippen MR) is 103 cm³/mol. The van der Waals surface area contributed by atoms with Gasteiger partial charge in [-0.25, -0.2) is 19.3 Å². The van der Waals surface area contributed by atoms with Crippen molar-refractivity contribution >= 4 is 23.2 Å². The molecule has 0 spiro atoms. The number of aryl methyl sites for hydroxylation is 1. The van der Waals surface area contributed by atoms with Crippen molar-refractivity contribution in [3.8, 4) is 10.8 Å². The minimum Gasteiger partial charge on any atom is -0.369 e. The van der Waals surface area contributed by atoms with Gasteiger partial charge in [0.15, 0.2) is 10.8 Å². The van der Waals surface area contributed by atoms with Crippen molar-refractivity contribution in [3.63, 3.8) is 0 Å². The molecule has 0 radical (unpaired) electrons. The highest BCUT2D eigenvalue weighted by Crippen LogP contribution is 2.25. The van der Waals surface area contributed by atoms with Gasteiger partial charge in [-0.2, -0.15) is 0 Å². The third kappa shape index (κ3) is 4.74. The summed E-state index contributed by atoms with van der Waals surface area (Å²) in [5.74, 6) is -1.40. The van der Waals surface area contributed by atoms with Gasteiger partial charge in [0, 0.05) is 18.9 Å². The van der Waals surface area contributed by atoms with Crippen LogP contribution in [0.1, 0.15) is 20.9 Å². The normalized spacial score (nSPS) is 11.8. The number of carbonyl (C=O) groups excluding carboxylic acids is 2. The van der Waals surface area contributed by atoms with E-state index in [1.165, 1.54) is 23.5 Å². The van der Waals surface area contributed by atoms with E-state index in [4.69, 9.17) is 5.73 Å². The molecule has 28 heavy (non-hydrogen) atoms. The Morgan fingerprint density at radius 1 is 1.21 bits per heavy atom. The summed E-state index contributed by atoms with van der Waals surface area (Å²) in [4.78, 5) is 37.3.